The van der Waals surface area contributed by atoms with E-state index >= 15 is 0 Å². The van der Waals surface area contributed by atoms with Gasteiger partial charge in [-0.3, -0.25) is 4.79 Å². The highest BCUT2D eigenvalue weighted by molar-refractivity contribution is 5.85. The van der Waals surface area contributed by atoms with Crippen LogP contribution in [0.4, 0.5) is 0 Å². The summed E-state index contributed by atoms with van der Waals surface area (Å²) < 4.78 is 11.0. The molecule has 2 heterocycles. The highest BCUT2D eigenvalue weighted by Crippen LogP contribution is 2.12. The van der Waals surface area contributed by atoms with Crippen LogP contribution in [0.1, 0.15) is 32.6 Å². The van der Waals surface area contributed by atoms with Crippen LogP contribution in [0.15, 0.2) is 0 Å². The van der Waals surface area contributed by atoms with Crippen LogP contribution in [0.25, 0.3) is 0 Å². The molecule has 3 unspecified atom stereocenters. The molecule has 112 valence electrons. The average molecular weight is 293 g/mol. The summed E-state index contributed by atoms with van der Waals surface area (Å²) in [6.07, 6.45) is 4.27. The van der Waals surface area contributed by atoms with Gasteiger partial charge in [0.05, 0.1) is 12.7 Å². The summed E-state index contributed by atoms with van der Waals surface area (Å²) in [6, 6.07) is 0.430. The molecular weight excluding hydrogens is 268 g/mol. The first kappa shape index (κ1) is 16.7. The van der Waals surface area contributed by atoms with Gasteiger partial charge in [0.25, 0.3) is 0 Å². The van der Waals surface area contributed by atoms with Gasteiger partial charge in [0.15, 0.2) is 0 Å². The van der Waals surface area contributed by atoms with Crippen molar-refractivity contribution in [1.82, 2.24) is 10.6 Å². The third-order valence-corrected chi connectivity index (χ3v) is 3.61. The lowest BCUT2D eigenvalue weighted by molar-refractivity contribution is -0.133. The molecule has 0 aromatic rings. The highest BCUT2D eigenvalue weighted by Gasteiger charge is 2.21. The zero-order valence-corrected chi connectivity index (χ0v) is 12.3. The minimum absolute atomic E-state index is 0. The van der Waals surface area contributed by atoms with E-state index in [2.05, 4.69) is 10.6 Å². The van der Waals surface area contributed by atoms with Crippen LogP contribution in [0.5, 0.6) is 0 Å². The lowest BCUT2D eigenvalue weighted by atomic mass is 10.2. The summed E-state index contributed by atoms with van der Waals surface area (Å²) in [4.78, 5) is 11.8. The molecule has 2 aliphatic heterocycles. The van der Waals surface area contributed by atoms with Gasteiger partial charge in [-0.25, -0.2) is 0 Å². The maximum atomic E-state index is 11.8. The Morgan fingerprint density at radius 3 is 2.95 bits per heavy atom. The molecule has 19 heavy (non-hydrogen) atoms. The fourth-order valence-corrected chi connectivity index (χ4v) is 2.40. The minimum atomic E-state index is -0.393. The maximum Gasteiger partial charge on any atom is 0.248 e. The van der Waals surface area contributed by atoms with Crippen molar-refractivity contribution in [1.29, 1.82) is 0 Å². The van der Waals surface area contributed by atoms with Gasteiger partial charge in [-0.2, -0.15) is 0 Å². The molecule has 6 heteroatoms. The number of carbonyl (C=O) groups excluding carboxylic acids is 1. The summed E-state index contributed by atoms with van der Waals surface area (Å²) >= 11 is 0. The van der Waals surface area contributed by atoms with Gasteiger partial charge in [-0.1, -0.05) is 0 Å². The third kappa shape index (κ3) is 5.65. The van der Waals surface area contributed by atoms with Crippen LogP contribution in [0, 0.1) is 0 Å². The first-order chi connectivity index (χ1) is 8.75. The Morgan fingerprint density at radius 2 is 2.32 bits per heavy atom. The van der Waals surface area contributed by atoms with Crippen LogP contribution in [0.2, 0.25) is 0 Å². The monoisotopic (exact) mass is 292 g/mol. The Hall–Kier alpha value is -0.360. The van der Waals surface area contributed by atoms with Crippen molar-refractivity contribution in [2.24, 2.45) is 0 Å². The van der Waals surface area contributed by atoms with Crippen molar-refractivity contribution < 1.29 is 14.3 Å². The Bertz CT molecular complexity index is 267. The van der Waals surface area contributed by atoms with Crippen LogP contribution in [0.3, 0.4) is 0 Å². The van der Waals surface area contributed by atoms with E-state index in [0.29, 0.717) is 19.2 Å². The molecule has 2 N–H and O–H groups in total. The third-order valence-electron chi connectivity index (χ3n) is 3.61. The van der Waals surface area contributed by atoms with E-state index < -0.39 is 6.10 Å². The summed E-state index contributed by atoms with van der Waals surface area (Å²) in [5.74, 6) is -0.0262. The van der Waals surface area contributed by atoms with E-state index in [1.54, 1.807) is 6.92 Å². The summed E-state index contributed by atoms with van der Waals surface area (Å²) in [5.41, 5.74) is 0. The summed E-state index contributed by atoms with van der Waals surface area (Å²) in [7, 11) is 0. The van der Waals surface area contributed by atoms with E-state index in [1.807, 2.05) is 0 Å². The van der Waals surface area contributed by atoms with E-state index in [0.717, 1.165) is 32.4 Å². The van der Waals surface area contributed by atoms with Crippen molar-refractivity contribution in [3.05, 3.63) is 0 Å². The van der Waals surface area contributed by atoms with Crippen LogP contribution in [-0.2, 0) is 14.3 Å². The van der Waals surface area contributed by atoms with E-state index in [4.69, 9.17) is 9.47 Å². The van der Waals surface area contributed by atoms with E-state index in [9.17, 15) is 4.79 Å². The molecule has 0 aromatic carbocycles. The molecule has 2 saturated heterocycles. The van der Waals surface area contributed by atoms with Crippen molar-refractivity contribution >= 4 is 18.3 Å². The maximum absolute atomic E-state index is 11.8. The standard InChI is InChI=1S/C13H24N2O3.ClH/c1-10(18-9-12-5-3-7-17-12)13(16)15-8-11-4-2-6-14-11;/h10-12,14H,2-9H2,1H3,(H,15,16);1H. The zero-order chi connectivity index (χ0) is 12.8. The molecule has 0 aromatic heterocycles. The first-order valence-electron chi connectivity index (χ1n) is 7.00. The van der Waals surface area contributed by atoms with Crippen LogP contribution in [-0.4, -0.2) is 50.5 Å². The van der Waals surface area contributed by atoms with Gasteiger partial charge < -0.3 is 20.1 Å². The van der Waals surface area contributed by atoms with E-state index in [1.165, 1.54) is 6.42 Å². The van der Waals surface area contributed by atoms with Crippen molar-refractivity contribution in [3.63, 3.8) is 0 Å². The lowest BCUT2D eigenvalue weighted by Crippen LogP contribution is -2.42. The largest absolute Gasteiger partial charge is 0.376 e. The fourth-order valence-electron chi connectivity index (χ4n) is 2.40. The van der Waals surface area contributed by atoms with Crippen LogP contribution < -0.4 is 10.6 Å². The molecule has 3 atom stereocenters. The van der Waals surface area contributed by atoms with E-state index in [-0.39, 0.29) is 24.4 Å². The lowest BCUT2D eigenvalue weighted by Gasteiger charge is -2.17. The number of rotatable bonds is 6. The zero-order valence-electron chi connectivity index (χ0n) is 11.5. The number of ether oxygens (including phenoxy) is 2. The molecule has 0 bridgehead atoms. The Kier molecular flexibility index (Phi) is 7.68. The van der Waals surface area contributed by atoms with Gasteiger partial charge in [0.2, 0.25) is 5.91 Å². The Labute approximate surface area is 121 Å². The number of hydrogen-bond acceptors (Lipinski definition) is 4. The predicted octanol–water partition coefficient (Wildman–Crippen LogP) is 0.860. The number of halogens is 1. The minimum Gasteiger partial charge on any atom is -0.376 e. The normalized spacial score (nSPS) is 27.8. The van der Waals surface area contributed by atoms with Crippen molar-refractivity contribution in [2.45, 2.75) is 50.9 Å². The quantitative estimate of drug-likeness (QED) is 0.762. The fraction of sp³-hybridized carbons (Fsp3) is 0.923. The Morgan fingerprint density at radius 1 is 1.47 bits per heavy atom. The molecule has 5 nitrogen and oxygen atoms in total. The number of amides is 1. The van der Waals surface area contributed by atoms with Gasteiger partial charge in [0.1, 0.15) is 6.10 Å². The number of nitrogens with one attached hydrogen (secondary N) is 2. The summed E-state index contributed by atoms with van der Waals surface area (Å²) in [5, 5.41) is 6.28. The molecular formula is C13H25ClN2O3. The van der Waals surface area contributed by atoms with Gasteiger partial charge in [0, 0.05) is 19.2 Å². The second kappa shape index (κ2) is 8.74. The second-order valence-corrected chi connectivity index (χ2v) is 5.15. The molecule has 0 spiro atoms. The molecule has 0 aliphatic carbocycles. The molecule has 0 radical (unpaired) electrons. The Balaban J connectivity index is 0.00000180. The number of carbonyl (C=O) groups is 1. The molecule has 1 amide bonds. The topological polar surface area (TPSA) is 59.6 Å². The smallest absolute Gasteiger partial charge is 0.248 e. The summed E-state index contributed by atoms with van der Waals surface area (Å²) in [6.45, 7) is 4.91. The predicted molar refractivity (Wildman–Crippen MR) is 75.7 cm³/mol. The molecule has 2 fully saturated rings. The molecule has 2 aliphatic rings. The van der Waals surface area contributed by atoms with Gasteiger partial charge in [-0.15, -0.1) is 12.4 Å². The SMILES string of the molecule is CC(OCC1CCCO1)C(=O)NCC1CCCN1.Cl. The molecule has 2 rings (SSSR count). The van der Waals surface area contributed by atoms with Gasteiger partial charge >= 0.3 is 0 Å². The highest BCUT2D eigenvalue weighted by atomic mass is 35.5. The van der Waals surface area contributed by atoms with Crippen molar-refractivity contribution in [3.8, 4) is 0 Å². The first-order valence-corrected chi connectivity index (χ1v) is 7.00. The van der Waals surface area contributed by atoms with Gasteiger partial charge in [-0.05, 0) is 39.2 Å². The molecule has 0 saturated carbocycles. The van der Waals surface area contributed by atoms with Crippen molar-refractivity contribution in [2.75, 3.05) is 26.3 Å². The second-order valence-electron chi connectivity index (χ2n) is 5.15. The average Bonchev–Trinajstić information content (AvgIpc) is 3.05. The van der Waals surface area contributed by atoms with Crippen LogP contribution >= 0.6 is 12.4 Å². The number of hydrogen-bond donors (Lipinski definition) is 2.